The second-order valence-electron chi connectivity index (χ2n) is 8.15. The molecule has 0 bridgehead atoms. The molecule has 182 valence electrons. The van der Waals surface area contributed by atoms with Crippen LogP contribution >= 0.6 is 23.8 Å². The number of anilines is 1. The molecule has 3 aromatic carbocycles. The topological polar surface area (TPSA) is 56.9 Å². The summed E-state index contributed by atoms with van der Waals surface area (Å²) in [6, 6.07) is 20.7. The van der Waals surface area contributed by atoms with E-state index in [2.05, 4.69) is 16.4 Å². The van der Waals surface area contributed by atoms with Gasteiger partial charge in [0, 0.05) is 54.2 Å². The Balaban J connectivity index is 1.51. The van der Waals surface area contributed by atoms with Crippen molar-refractivity contribution in [1.82, 2.24) is 14.5 Å². The summed E-state index contributed by atoms with van der Waals surface area (Å²) in [6.07, 6.45) is 4.08. The van der Waals surface area contributed by atoms with Gasteiger partial charge in [-0.15, -0.1) is 0 Å². The fraction of sp³-hybridized carbons (Fsp3) is 0.148. The molecule has 0 amide bonds. The van der Waals surface area contributed by atoms with Crippen LogP contribution in [0.2, 0.25) is 5.02 Å². The van der Waals surface area contributed by atoms with Crippen molar-refractivity contribution >= 4 is 34.6 Å². The summed E-state index contributed by atoms with van der Waals surface area (Å²) in [5, 5.41) is 13.1. The molecule has 0 saturated carbocycles. The molecule has 0 aliphatic carbocycles. The highest BCUT2D eigenvalue weighted by Gasteiger charge is 2.16. The summed E-state index contributed by atoms with van der Waals surface area (Å²) >= 11 is 11.7. The molecular weight excluding hydrogens is 500 g/mol. The summed E-state index contributed by atoms with van der Waals surface area (Å²) in [4.78, 5) is 6.07. The average molecular weight is 522 g/mol. The van der Waals surface area contributed by atoms with Gasteiger partial charge < -0.3 is 14.8 Å². The van der Waals surface area contributed by atoms with Crippen molar-refractivity contribution in [1.29, 1.82) is 5.26 Å². The quantitative estimate of drug-likeness (QED) is 0.281. The normalized spacial score (nSPS) is 10.6. The van der Waals surface area contributed by atoms with Gasteiger partial charge in [-0.2, -0.15) is 5.26 Å². The van der Waals surface area contributed by atoms with Gasteiger partial charge in [0.25, 0.3) is 0 Å². The van der Waals surface area contributed by atoms with Crippen molar-refractivity contribution in [3.63, 3.8) is 0 Å². The van der Waals surface area contributed by atoms with Crippen LogP contribution < -0.4 is 5.32 Å². The van der Waals surface area contributed by atoms with Gasteiger partial charge in [-0.1, -0.05) is 41.9 Å². The molecular formula is C27H22ClF2N5S. The Kier molecular flexibility index (Phi) is 8.26. The van der Waals surface area contributed by atoms with Crippen LogP contribution in [0.1, 0.15) is 22.4 Å². The van der Waals surface area contributed by atoms with Crippen LogP contribution in [-0.4, -0.2) is 26.1 Å². The van der Waals surface area contributed by atoms with Crippen LogP contribution in [0, 0.1) is 23.0 Å². The predicted octanol–water partition coefficient (Wildman–Crippen LogP) is 6.18. The van der Waals surface area contributed by atoms with Crippen LogP contribution in [0.25, 0.3) is 0 Å². The second-order valence-corrected chi connectivity index (χ2v) is 8.97. The second kappa shape index (κ2) is 11.8. The van der Waals surface area contributed by atoms with Gasteiger partial charge >= 0.3 is 0 Å². The van der Waals surface area contributed by atoms with Crippen LogP contribution in [0.15, 0.2) is 79.3 Å². The first-order valence-electron chi connectivity index (χ1n) is 11.2. The van der Waals surface area contributed by atoms with Crippen molar-refractivity contribution in [3.8, 4) is 6.07 Å². The molecule has 0 radical (unpaired) electrons. The van der Waals surface area contributed by atoms with E-state index in [-0.39, 0.29) is 12.1 Å². The number of hydrogen-bond donors (Lipinski definition) is 1. The minimum atomic E-state index is -0.901. The van der Waals surface area contributed by atoms with Crippen LogP contribution in [0.3, 0.4) is 0 Å². The SMILES string of the molecule is N#Cc1ccc(Cn2cncc2CCN(Cc2cccc(F)c2F)C(=S)Nc2cccc(Cl)c2)cc1. The lowest BCUT2D eigenvalue weighted by atomic mass is 10.1. The highest BCUT2D eigenvalue weighted by molar-refractivity contribution is 7.80. The number of halogens is 3. The van der Waals surface area contributed by atoms with Crippen molar-refractivity contribution in [2.24, 2.45) is 0 Å². The van der Waals surface area contributed by atoms with E-state index in [1.54, 1.807) is 53.8 Å². The van der Waals surface area contributed by atoms with Gasteiger partial charge in [0.15, 0.2) is 16.7 Å². The van der Waals surface area contributed by atoms with E-state index in [0.717, 1.165) is 17.3 Å². The lowest BCUT2D eigenvalue weighted by molar-refractivity contribution is 0.401. The first kappa shape index (κ1) is 25.3. The van der Waals surface area contributed by atoms with Gasteiger partial charge in [0.1, 0.15) is 0 Å². The van der Waals surface area contributed by atoms with E-state index in [1.165, 1.54) is 6.07 Å². The van der Waals surface area contributed by atoms with Crippen molar-refractivity contribution in [2.75, 3.05) is 11.9 Å². The fourth-order valence-electron chi connectivity index (χ4n) is 3.73. The average Bonchev–Trinajstić information content (AvgIpc) is 3.31. The number of hydrogen-bond acceptors (Lipinski definition) is 3. The predicted molar refractivity (Wildman–Crippen MR) is 141 cm³/mol. The van der Waals surface area contributed by atoms with Gasteiger partial charge in [-0.25, -0.2) is 13.8 Å². The van der Waals surface area contributed by atoms with Crippen LogP contribution in [0.4, 0.5) is 14.5 Å². The maximum absolute atomic E-state index is 14.5. The molecule has 0 fully saturated rings. The number of benzene rings is 3. The zero-order valence-corrected chi connectivity index (χ0v) is 20.7. The molecule has 9 heteroatoms. The van der Waals surface area contributed by atoms with Crippen LogP contribution in [-0.2, 0) is 19.5 Å². The summed E-state index contributed by atoms with van der Waals surface area (Å²) in [5.41, 5.74) is 3.49. The number of nitriles is 1. The van der Waals surface area contributed by atoms with Gasteiger partial charge in [-0.05, 0) is 54.2 Å². The molecule has 1 heterocycles. The first-order chi connectivity index (χ1) is 17.4. The van der Waals surface area contributed by atoms with E-state index in [0.29, 0.717) is 40.9 Å². The van der Waals surface area contributed by atoms with E-state index >= 15 is 0 Å². The minimum absolute atomic E-state index is 0.0831. The van der Waals surface area contributed by atoms with Gasteiger partial charge in [0.2, 0.25) is 0 Å². The highest BCUT2D eigenvalue weighted by Crippen LogP contribution is 2.19. The number of imidazole rings is 1. The molecule has 0 aliphatic heterocycles. The standard InChI is InChI=1S/C27H22ClF2N5S/c28-22-4-2-5-23(13-22)33-27(36)34(17-21-3-1-6-25(29)26(21)30)12-11-24-15-32-18-35(24)16-20-9-7-19(14-31)8-10-20/h1-10,13,15,18H,11-12,16-17H2,(H,33,36). The summed E-state index contributed by atoms with van der Waals surface area (Å²) < 4.78 is 30.3. The van der Waals surface area contributed by atoms with E-state index in [1.807, 2.05) is 22.8 Å². The molecule has 0 spiro atoms. The lowest BCUT2D eigenvalue weighted by Gasteiger charge is -2.26. The smallest absolute Gasteiger partial charge is 0.173 e. The molecule has 0 atom stereocenters. The largest absolute Gasteiger partial charge is 0.344 e. The van der Waals surface area contributed by atoms with E-state index in [9.17, 15) is 8.78 Å². The van der Waals surface area contributed by atoms with Gasteiger partial charge in [-0.3, -0.25) is 0 Å². The third-order valence-electron chi connectivity index (χ3n) is 5.63. The molecule has 0 unspecified atom stereocenters. The molecule has 36 heavy (non-hydrogen) atoms. The Hall–Kier alpha value is -3.80. The Morgan fingerprint density at radius 1 is 1.11 bits per heavy atom. The molecule has 1 N–H and O–H groups in total. The third kappa shape index (κ3) is 6.45. The molecule has 5 nitrogen and oxygen atoms in total. The maximum atomic E-state index is 14.5. The summed E-state index contributed by atoms with van der Waals surface area (Å²) in [5.74, 6) is -1.79. The zero-order chi connectivity index (χ0) is 25.5. The summed E-state index contributed by atoms with van der Waals surface area (Å²) in [6.45, 7) is 1.10. The first-order valence-corrected chi connectivity index (χ1v) is 11.9. The number of rotatable bonds is 8. The molecule has 4 aromatic rings. The maximum Gasteiger partial charge on any atom is 0.173 e. The monoisotopic (exact) mass is 521 g/mol. The Morgan fingerprint density at radius 2 is 1.89 bits per heavy atom. The Morgan fingerprint density at radius 3 is 2.64 bits per heavy atom. The van der Waals surface area contributed by atoms with Crippen LogP contribution in [0.5, 0.6) is 0 Å². The van der Waals surface area contributed by atoms with Crippen molar-refractivity contribution < 1.29 is 8.78 Å². The Labute approximate surface area is 218 Å². The molecule has 1 aromatic heterocycles. The number of nitrogens with one attached hydrogen (secondary N) is 1. The highest BCUT2D eigenvalue weighted by atomic mass is 35.5. The molecule has 4 rings (SSSR count). The summed E-state index contributed by atoms with van der Waals surface area (Å²) in [7, 11) is 0. The van der Waals surface area contributed by atoms with E-state index < -0.39 is 11.6 Å². The number of thiocarbonyl (C=S) groups is 1. The molecule has 0 saturated heterocycles. The van der Waals surface area contributed by atoms with Crippen molar-refractivity contribution in [3.05, 3.63) is 118 Å². The Bertz CT molecular complexity index is 1400. The van der Waals surface area contributed by atoms with Gasteiger partial charge in [0.05, 0.1) is 18.0 Å². The van der Waals surface area contributed by atoms with E-state index in [4.69, 9.17) is 29.1 Å². The third-order valence-corrected chi connectivity index (χ3v) is 6.22. The van der Waals surface area contributed by atoms with Crippen molar-refractivity contribution in [2.45, 2.75) is 19.5 Å². The number of aromatic nitrogens is 2. The fourth-order valence-corrected chi connectivity index (χ4v) is 4.19. The lowest BCUT2D eigenvalue weighted by Crippen LogP contribution is -2.36. The zero-order valence-electron chi connectivity index (χ0n) is 19.2. The minimum Gasteiger partial charge on any atom is -0.344 e. The molecule has 0 aliphatic rings. The number of nitrogens with zero attached hydrogens (tertiary/aromatic N) is 4.